The zero-order valence-corrected chi connectivity index (χ0v) is 14.8. The van der Waals surface area contributed by atoms with Crippen LogP contribution in [0.1, 0.15) is 12.0 Å². The summed E-state index contributed by atoms with van der Waals surface area (Å²) < 4.78 is 13.2. The molecule has 1 saturated heterocycles. The van der Waals surface area contributed by atoms with Gasteiger partial charge in [-0.15, -0.1) is 0 Å². The Labute approximate surface area is 158 Å². The molecule has 138 valence electrons. The van der Waals surface area contributed by atoms with Gasteiger partial charge in [0.2, 0.25) is 5.91 Å². The molecule has 0 unspecified atom stereocenters. The van der Waals surface area contributed by atoms with Gasteiger partial charge >= 0.3 is 0 Å². The molecule has 2 N–H and O–H groups in total. The van der Waals surface area contributed by atoms with Gasteiger partial charge in [-0.2, -0.15) is 0 Å². The molecule has 0 aromatic heterocycles. The van der Waals surface area contributed by atoms with Crippen LogP contribution in [0.15, 0.2) is 53.4 Å². The number of thioether (sulfide) groups is 1. The van der Waals surface area contributed by atoms with Crippen molar-refractivity contribution in [2.45, 2.75) is 6.42 Å². The van der Waals surface area contributed by atoms with Crippen LogP contribution >= 0.6 is 11.8 Å². The van der Waals surface area contributed by atoms with E-state index in [9.17, 15) is 23.9 Å². The average Bonchev–Trinajstić information content (AvgIpc) is 2.86. The van der Waals surface area contributed by atoms with E-state index in [1.165, 1.54) is 36.4 Å². The van der Waals surface area contributed by atoms with Gasteiger partial charge in [-0.05, 0) is 47.7 Å². The first kappa shape index (κ1) is 18.7. The van der Waals surface area contributed by atoms with E-state index in [0.717, 1.165) is 16.7 Å². The van der Waals surface area contributed by atoms with Crippen LogP contribution in [-0.4, -0.2) is 33.6 Å². The Balaban J connectivity index is 1.61. The van der Waals surface area contributed by atoms with Crippen LogP contribution in [0, 0.1) is 5.82 Å². The highest BCUT2D eigenvalue weighted by molar-refractivity contribution is 8.18. The van der Waals surface area contributed by atoms with E-state index in [1.54, 1.807) is 18.2 Å². The summed E-state index contributed by atoms with van der Waals surface area (Å²) in [5.74, 6) is -1.33. The molecular weight excluding hydrogens is 371 g/mol. The van der Waals surface area contributed by atoms with Gasteiger partial charge in [0.25, 0.3) is 11.1 Å². The summed E-state index contributed by atoms with van der Waals surface area (Å²) in [4.78, 5) is 37.6. The number of hydrogen-bond donors (Lipinski definition) is 2. The number of nitrogens with one attached hydrogen (secondary N) is 1. The van der Waals surface area contributed by atoms with E-state index in [2.05, 4.69) is 5.32 Å². The number of carbonyl (C=O) groups excluding carboxylic acids is 3. The van der Waals surface area contributed by atoms with Crippen LogP contribution in [-0.2, 0) is 9.59 Å². The highest BCUT2D eigenvalue weighted by Gasteiger charge is 2.35. The van der Waals surface area contributed by atoms with Crippen molar-refractivity contribution in [2.24, 2.45) is 0 Å². The minimum atomic E-state index is -0.514. The van der Waals surface area contributed by atoms with Crippen molar-refractivity contribution in [1.82, 2.24) is 4.90 Å². The van der Waals surface area contributed by atoms with Crippen LogP contribution in [0.4, 0.5) is 14.9 Å². The molecule has 3 rings (SSSR count). The first-order valence-electron chi connectivity index (χ1n) is 8.02. The third-order valence-corrected chi connectivity index (χ3v) is 4.62. The van der Waals surface area contributed by atoms with E-state index < -0.39 is 22.9 Å². The van der Waals surface area contributed by atoms with Crippen molar-refractivity contribution in [2.75, 3.05) is 11.9 Å². The SMILES string of the molecule is O=C(CCN1C(=O)S/C(=C\c2cccc(F)c2)C1=O)Nc1cccc(O)c1. The molecule has 1 aliphatic heterocycles. The maximum absolute atomic E-state index is 13.2. The molecule has 0 aliphatic carbocycles. The summed E-state index contributed by atoms with van der Waals surface area (Å²) in [6, 6.07) is 11.7. The summed E-state index contributed by atoms with van der Waals surface area (Å²) in [5, 5.41) is 11.5. The van der Waals surface area contributed by atoms with E-state index in [1.807, 2.05) is 0 Å². The molecular formula is C19H15FN2O4S. The zero-order chi connectivity index (χ0) is 19.4. The maximum atomic E-state index is 13.2. The van der Waals surface area contributed by atoms with Crippen molar-refractivity contribution in [3.05, 3.63) is 64.8 Å². The molecule has 0 radical (unpaired) electrons. The molecule has 6 nitrogen and oxygen atoms in total. The van der Waals surface area contributed by atoms with E-state index >= 15 is 0 Å². The van der Waals surface area contributed by atoms with Crippen LogP contribution in [0.25, 0.3) is 6.08 Å². The van der Waals surface area contributed by atoms with Crippen molar-refractivity contribution in [1.29, 1.82) is 0 Å². The maximum Gasteiger partial charge on any atom is 0.293 e. The molecule has 0 spiro atoms. The van der Waals surface area contributed by atoms with Crippen molar-refractivity contribution >= 4 is 40.6 Å². The van der Waals surface area contributed by atoms with Gasteiger partial charge in [0.15, 0.2) is 0 Å². The number of halogens is 1. The Kier molecular flexibility index (Phi) is 5.56. The topological polar surface area (TPSA) is 86.7 Å². The minimum Gasteiger partial charge on any atom is -0.508 e. The fourth-order valence-corrected chi connectivity index (χ4v) is 3.33. The number of aromatic hydroxyl groups is 1. The Hall–Kier alpha value is -3.13. The van der Waals surface area contributed by atoms with Gasteiger partial charge in [-0.3, -0.25) is 19.3 Å². The number of imide groups is 1. The molecule has 1 heterocycles. The minimum absolute atomic E-state index is 0.0150. The first-order valence-corrected chi connectivity index (χ1v) is 8.84. The Morgan fingerprint density at radius 3 is 2.70 bits per heavy atom. The highest BCUT2D eigenvalue weighted by Crippen LogP contribution is 2.32. The van der Waals surface area contributed by atoms with Gasteiger partial charge in [0, 0.05) is 24.7 Å². The van der Waals surface area contributed by atoms with Gasteiger partial charge in [0.05, 0.1) is 4.91 Å². The smallest absolute Gasteiger partial charge is 0.293 e. The summed E-state index contributed by atoms with van der Waals surface area (Å²) in [6.07, 6.45) is 1.36. The largest absolute Gasteiger partial charge is 0.508 e. The Morgan fingerprint density at radius 1 is 1.19 bits per heavy atom. The lowest BCUT2D eigenvalue weighted by Gasteiger charge is -2.12. The molecule has 0 bridgehead atoms. The molecule has 0 saturated carbocycles. The Morgan fingerprint density at radius 2 is 1.96 bits per heavy atom. The lowest BCUT2D eigenvalue weighted by molar-refractivity contribution is -0.123. The number of nitrogens with zero attached hydrogens (tertiary/aromatic N) is 1. The normalized spacial score (nSPS) is 15.4. The van der Waals surface area contributed by atoms with Gasteiger partial charge in [0.1, 0.15) is 11.6 Å². The lowest BCUT2D eigenvalue weighted by atomic mass is 10.2. The molecule has 2 aromatic carbocycles. The van der Waals surface area contributed by atoms with Crippen LogP contribution < -0.4 is 5.32 Å². The number of phenols is 1. The third-order valence-electron chi connectivity index (χ3n) is 3.71. The number of amides is 3. The predicted molar refractivity (Wildman–Crippen MR) is 100 cm³/mol. The second-order valence-corrected chi connectivity index (χ2v) is 6.73. The predicted octanol–water partition coefficient (Wildman–Crippen LogP) is 3.60. The lowest BCUT2D eigenvalue weighted by Crippen LogP contribution is -2.31. The zero-order valence-electron chi connectivity index (χ0n) is 14.0. The van der Waals surface area contributed by atoms with E-state index in [-0.39, 0.29) is 23.6 Å². The number of phenolic OH excluding ortho intramolecular Hbond substituents is 1. The summed E-state index contributed by atoms with van der Waals surface area (Å²) >= 11 is 0.751. The van der Waals surface area contributed by atoms with E-state index in [4.69, 9.17) is 0 Å². The summed E-state index contributed by atoms with van der Waals surface area (Å²) in [6.45, 7) is -0.0736. The van der Waals surface area contributed by atoms with Gasteiger partial charge < -0.3 is 10.4 Å². The van der Waals surface area contributed by atoms with Crippen LogP contribution in [0.2, 0.25) is 0 Å². The number of rotatable bonds is 5. The van der Waals surface area contributed by atoms with Gasteiger partial charge in [-0.25, -0.2) is 4.39 Å². The fraction of sp³-hybridized carbons (Fsp3) is 0.105. The van der Waals surface area contributed by atoms with Crippen molar-refractivity contribution in [3.63, 3.8) is 0 Å². The second kappa shape index (κ2) is 8.05. The highest BCUT2D eigenvalue weighted by atomic mass is 32.2. The number of benzene rings is 2. The van der Waals surface area contributed by atoms with Crippen LogP contribution in [0.5, 0.6) is 5.75 Å². The fourth-order valence-electron chi connectivity index (χ4n) is 2.46. The average molecular weight is 386 g/mol. The molecule has 2 aromatic rings. The number of hydrogen-bond acceptors (Lipinski definition) is 5. The van der Waals surface area contributed by atoms with Crippen LogP contribution in [0.3, 0.4) is 0 Å². The number of anilines is 1. The molecule has 27 heavy (non-hydrogen) atoms. The molecule has 8 heteroatoms. The molecule has 0 atom stereocenters. The first-order chi connectivity index (χ1) is 12.9. The quantitative estimate of drug-likeness (QED) is 0.767. The third kappa shape index (κ3) is 4.73. The molecule has 1 aliphatic rings. The van der Waals surface area contributed by atoms with Gasteiger partial charge in [-0.1, -0.05) is 18.2 Å². The van der Waals surface area contributed by atoms with E-state index in [0.29, 0.717) is 11.3 Å². The van der Waals surface area contributed by atoms with Crippen molar-refractivity contribution < 1.29 is 23.9 Å². The Bertz CT molecular complexity index is 945. The number of carbonyl (C=O) groups is 3. The second-order valence-electron chi connectivity index (χ2n) is 5.74. The standard InChI is InChI=1S/C19H15FN2O4S/c20-13-4-1-3-12(9-13)10-16-18(25)22(19(26)27-16)8-7-17(24)21-14-5-2-6-15(23)11-14/h1-6,9-11,23H,7-8H2,(H,21,24)/b16-10-. The summed E-state index contributed by atoms with van der Waals surface area (Å²) in [5.41, 5.74) is 0.891. The molecule has 1 fully saturated rings. The molecule has 3 amide bonds. The van der Waals surface area contributed by atoms with Crippen molar-refractivity contribution in [3.8, 4) is 5.75 Å². The monoisotopic (exact) mass is 386 g/mol. The summed E-state index contributed by atoms with van der Waals surface area (Å²) in [7, 11) is 0.